The largest absolute Gasteiger partial charge is 0.323 e. The fraction of sp³-hybridized carbons (Fsp3) is 0.167. The second-order valence-corrected chi connectivity index (χ2v) is 3.57. The van der Waals surface area contributed by atoms with Gasteiger partial charge in [0.15, 0.2) is 0 Å². The number of amides is 1. The molecule has 0 unspecified atom stereocenters. The molecule has 1 amide bonds. The third-order valence-electron chi connectivity index (χ3n) is 2.43. The molecule has 3 heteroatoms. The number of rotatable bonds is 2. The Morgan fingerprint density at radius 3 is 2.80 bits per heavy atom. The molecular formula is C12H11NO2. The Morgan fingerprint density at radius 2 is 2.07 bits per heavy atom. The van der Waals surface area contributed by atoms with Crippen LogP contribution in [0.3, 0.4) is 0 Å². The van der Waals surface area contributed by atoms with Gasteiger partial charge in [-0.15, -0.1) is 0 Å². The fourth-order valence-corrected chi connectivity index (χ4v) is 1.72. The summed E-state index contributed by atoms with van der Waals surface area (Å²) in [6.45, 7) is 3.38. The van der Waals surface area contributed by atoms with E-state index in [2.05, 4.69) is 11.9 Å². The lowest BCUT2D eigenvalue weighted by atomic mass is 10.1. The molecule has 0 atom stereocenters. The van der Waals surface area contributed by atoms with E-state index in [-0.39, 0.29) is 11.7 Å². The molecule has 0 heterocycles. The van der Waals surface area contributed by atoms with E-state index in [1.165, 1.54) is 6.08 Å². The van der Waals surface area contributed by atoms with Crippen molar-refractivity contribution in [1.82, 2.24) is 0 Å². The van der Waals surface area contributed by atoms with Gasteiger partial charge in [-0.1, -0.05) is 12.6 Å². The van der Waals surface area contributed by atoms with Gasteiger partial charge in [-0.3, -0.25) is 9.59 Å². The van der Waals surface area contributed by atoms with E-state index in [1.807, 2.05) is 12.1 Å². The van der Waals surface area contributed by atoms with Crippen LogP contribution in [0.2, 0.25) is 0 Å². The topological polar surface area (TPSA) is 46.2 Å². The summed E-state index contributed by atoms with van der Waals surface area (Å²) in [5.74, 6) is -0.00327. The predicted octanol–water partition coefficient (Wildman–Crippen LogP) is 1.48. The van der Waals surface area contributed by atoms with Crippen molar-refractivity contribution >= 4 is 17.4 Å². The van der Waals surface area contributed by atoms with Crippen molar-refractivity contribution in [3.05, 3.63) is 42.0 Å². The van der Waals surface area contributed by atoms with Gasteiger partial charge in [0.2, 0.25) is 5.91 Å². The summed E-state index contributed by atoms with van der Waals surface area (Å²) in [5.41, 5.74) is 2.80. The average molecular weight is 201 g/mol. The molecule has 0 aromatic heterocycles. The van der Waals surface area contributed by atoms with Gasteiger partial charge in [0.25, 0.3) is 0 Å². The number of hydrogen-bond acceptors (Lipinski definition) is 2. The number of anilines is 1. The van der Waals surface area contributed by atoms with Crippen LogP contribution in [0.5, 0.6) is 0 Å². The van der Waals surface area contributed by atoms with E-state index >= 15 is 0 Å². The third kappa shape index (κ3) is 1.96. The Kier molecular flexibility index (Phi) is 2.37. The second-order valence-electron chi connectivity index (χ2n) is 3.57. The van der Waals surface area contributed by atoms with Crippen molar-refractivity contribution in [3.63, 3.8) is 0 Å². The second kappa shape index (κ2) is 3.69. The zero-order chi connectivity index (χ0) is 10.8. The molecule has 2 rings (SSSR count). The predicted molar refractivity (Wildman–Crippen MR) is 57.7 cm³/mol. The SMILES string of the molecule is C=CC(=O)Nc1ccc2c(c1)CC(=O)C2. The number of hydrogen-bond donors (Lipinski definition) is 1. The lowest BCUT2D eigenvalue weighted by Crippen LogP contribution is -2.07. The monoisotopic (exact) mass is 201 g/mol. The van der Waals surface area contributed by atoms with Crippen LogP contribution in [0.1, 0.15) is 11.1 Å². The Hall–Kier alpha value is -1.90. The molecule has 0 bridgehead atoms. The minimum atomic E-state index is -0.237. The van der Waals surface area contributed by atoms with Gasteiger partial charge >= 0.3 is 0 Å². The van der Waals surface area contributed by atoms with Crippen molar-refractivity contribution in [3.8, 4) is 0 Å². The Bertz CT molecular complexity index is 449. The number of fused-ring (bicyclic) bond motifs is 1. The van der Waals surface area contributed by atoms with Crippen molar-refractivity contribution < 1.29 is 9.59 Å². The van der Waals surface area contributed by atoms with Crippen molar-refractivity contribution in [1.29, 1.82) is 0 Å². The molecular weight excluding hydrogens is 190 g/mol. The molecule has 1 N–H and O–H groups in total. The van der Waals surface area contributed by atoms with Gasteiger partial charge in [-0.2, -0.15) is 0 Å². The molecule has 1 aromatic carbocycles. The van der Waals surface area contributed by atoms with Crippen molar-refractivity contribution in [2.24, 2.45) is 0 Å². The number of nitrogens with one attached hydrogen (secondary N) is 1. The minimum Gasteiger partial charge on any atom is -0.323 e. The number of carbonyl (C=O) groups is 2. The Balaban J connectivity index is 2.23. The van der Waals surface area contributed by atoms with Crippen LogP contribution in [0, 0.1) is 0 Å². The van der Waals surface area contributed by atoms with Crippen molar-refractivity contribution in [2.45, 2.75) is 12.8 Å². The van der Waals surface area contributed by atoms with Crippen LogP contribution < -0.4 is 5.32 Å². The normalized spacial score (nSPS) is 13.5. The molecule has 0 spiro atoms. The lowest BCUT2D eigenvalue weighted by molar-refractivity contribution is -0.117. The van der Waals surface area contributed by atoms with E-state index in [0.29, 0.717) is 18.5 Å². The molecule has 0 radical (unpaired) electrons. The van der Waals surface area contributed by atoms with Gasteiger partial charge < -0.3 is 5.32 Å². The highest BCUT2D eigenvalue weighted by Crippen LogP contribution is 2.23. The van der Waals surface area contributed by atoms with E-state index in [0.717, 1.165) is 11.1 Å². The van der Waals surface area contributed by atoms with E-state index in [9.17, 15) is 9.59 Å². The maximum atomic E-state index is 11.2. The maximum Gasteiger partial charge on any atom is 0.247 e. The maximum absolute atomic E-state index is 11.2. The highest BCUT2D eigenvalue weighted by atomic mass is 16.1. The van der Waals surface area contributed by atoms with Crippen LogP contribution >= 0.6 is 0 Å². The smallest absolute Gasteiger partial charge is 0.247 e. The minimum absolute atomic E-state index is 0.234. The first-order chi connectivity index (χ1) is 7.19. The number of carbonyl (C=O) groups excluding carboxylic acids is 2. The van der Waals surface area contributed by atoms with Crippen LogP contribution in [0.15, 0.2) is 30.9 Å². The zero-order valence-corrected chi connectivity index (χ0v) is 8.25. The summed E-state index contributed by atoms with van der Waals surface area (Å²) >= 11 is 0. The molecule has 1 aliphatic carbocycles. The zero-order valence-electron chi connectivity index (χ0n) is 8.25. The van der Waals surface area contributed by atoms with Gasteiger partial charge in [0.05, 0.1) is 0 Å². The van der Waals surface area contributed by atoms with Gasteiger partial charge in [0, 0.05) is 18.5 Å². The van der Waals surface area contributed by atoms with E-state index in [1.54, 1.807) is 6.07 Å². The van der Waals surface area contributed by atoms with Crippen molar-refractivity contribution in [2.75, 3.05) is 5.32 Å². The quantitative estimate of drug-likeness (QED) is 0.736. The Morgan fingerprint density at radius 1 is 1.33 bits per heavy atom. The first-order valence-corrected chi connectivity index (χ1v) is 4.76. The first-order valence-electron chi connectivity index (χ1n) is 4.76. The summed E-state index contributed by atoms with van der Waals surface area (Å²) in [6.07, 6.45) is 2.22. The molecule has 3 nitrogen and oxygen atoms in total. The van der Waals surface area contributed by atoms with Crippen LogP contribution in [0.25, 0.3) is 0 Å². The van der Waals surface area contributed by atoms with Gasteiger partial charge in [-0.05, 0) is 29.3 Å². The molecule has 0 saturated carbocycles. The van der Waals surface area contributed by atoms with Crippen LogP contribution in [-0.4, -0.2) is 11.7 Å². The third-order valence-corrected chi connectivity index (χ3v) is 2.43. The first kappa shape index (κ1) is 9.65. The fourth-order valence-electron chi connectivity index (χ4n) is 1.72. The summed E-state index contributed by atoms with van der Waals surface area (Å²) in [4.78, 5) is 22.2. The van der Waals surface area contributed by atoms with Crippen LogP contribution in [0.4, 0.5) is 5.69 Å². The molecule has 0 fully saturated rings. The number of ketones is 1. The highest BCUT2D eigenvalue weighted by Gasteiger charge is 2.18. The molecule has 15 heavy (non-hydrogen) atoms. The summed E-state index contributed by atoms with van der Waals surface area (Å²) in [5, 5.41) is 2.67. The van der Waals surface area contributed by atoms with E-state index in [4.69, 9.17) is 0 Å². The summed E-state index contributed by atoms with van der Waals surface area (Å²) < 4.78 is 0. The molecule has 0 aliphatic heterocycles. The summed E-state index contributed by atoms with van der Waals surface area (Å²) in [6, 6.07) is 5.54. The molecule has 1 aromatic rings. The molecule has 0 saturated heterocycles. The number of benzene rings is 1. The molecule has 76 valence electrons. The standard InChI is InChI=1S/C12H11NO2/c1-2-12(15)13-10-4-3-8-6-11(14)7-9(8)5-10/h2-5H,1,6-7H2,(H,13,15). The van der Waals surface area contributed by atoms with Gasteiger partial charge in [-0.25, -0.2) is 0 Å². The summed E-state index contributed by atoms with van der Waals surface area (Å²) in [7, 11) is 0. The van der Waals surface area contributed by atoms with E-state index < -0.39 is 0 Å². The molecule has 1 aliphatic rings. The van der Waals surface area contributed by atoms with Gasteiger partial charge in [0.1, 0.15) is 5.78 Å². The highest BCUT2D eigenvalue weighted by molar-refractivity contribution is 5.99. The number of Topliss-reactive ketones (excluding diaryl/α,β-unsaturated/α-hetero) is 1. The average Bonchev–Trinajstić information content (AvgIpc) is 2.57. The van der Waals surface area contributed by atoms with Crippen LogP contribution in [-0.2, 0) is 22.4 Å². The lowest BCUT2D eigenvalue weighted by Gasteiger charge is -2.04. The Labute approximate surface area is 87.8 Å².